The molecule has 3 heterocycles. The average Bonchev–Trinajstić information content (AvgIpc) is 3.09. The Morgan fingerprint density at radius 2 is 1.44 bits per heavy atom. The highest BCUT2D eigenvalue weighted by Gasteiger charge is 2.54. The van der Waals surface area contributed by atoms with Gasteiger partial charge in [0.2, 0.25) is 0 Å². The lowest BCUT2D eigenvalue weighted by molar-refractivity contribution is -0.319. The Labute approximate surface area is 310 Å². The molecule has 0 spiro atoms. The first-order valence-corrected chi connectivity index (χ1v) is 18.9. The zero-order valence-electron chi connectivity index (χ0n) is 33.9. The number of ether oxygens (including phenoxy) is 7. The predicted molar refractivity (Wildman–Crippen MR) is 191 cm³/mol. The number of methoxy groups -OCH3 is 2. The Bertz CT molecular complexity index is 1190. The van der Waals surface area contributed by atoms with Crippen LogP contribution in [0.25, 0.3) is 0 Å². The van der Waals surface area contributed by atoms with Crippen LogP contribution < -0.4 is 0 Å². The summed E-state index contributed by atoms with van der Waals surface area (Å²) >= 11 is 0. The zero-order chi connectivity index (χ0) is 39.7. The van der Waals surface area contributed by atoms with Gasteiger partial charge in [0.15, 0.2) is 12.6 Å². The molecule has 0 aromatic carbocycles. The molecule has 0 aromatic heterocycles. The molecule has 3 aliphatic heterocycles. The van der Waals surface area contributed by atoms with E-state index >= 15 is 0 Å². The second-order valence-electron chi connectivity index (χ2n) is 16.6. The van der Waals surface area contributed by atoms with Gasteiger partial charge in [0.1, 0.15) is 29.7 Å². The number of Topliss-reactive ketones (excluding diaryl/α,β-unsaturated/α-hetero) is 1. The van der Waals surface area contributed by atoms with E-state index in [1.54, 1.807) is 48.5 Å². The Morgan fingerprint density at radius 3 is 1.98 bits per heavy atom. The van der Waals surface area contributed by atoms with E-state index in [2.05, 4.69) is 0 Å². The SMILES string of the molecule is CC[C@H]1OC(=O)[C@H](C)[C@@H](OC2C[C@@](C)(OC)[C@@H](O)[C@H](C)O2)[C@H](C)[C@@H](O[C@@H]2O[C@H](C)C[C@H](N(C)C)[C@H]2O)[C@@](C)(OC)C[C@@H](C)C(=O)[C@H](C)[C@@H](O)[C@]1(C)O. The van der Waals surface area contributed by atoms with Gasteiger partial charge in [0.25, 0.3) is 0 Å². The number of esters is 1. The molecular weight excluding hydrogens is 678 g/mol. The maximum atomic E-state index is 14.2. The van der Waals surface area contributed by atoms with Gasteiger partial charge in [0, 0.05) is 44.4 Å². The smallest absolute Gasteiger partial charge is 0.311 e. The molecule has 1 unspecified atom stereocenters. The first-order chi connectivity index (χ1) is 24.0. The van der Waals surface area contributed by atoms with Crippen molar-refractivity contribution < 1.29 is 63.2 Å². The Kier molecular flexibility index (Phi) is 15.3. The van der Waals surface area contributed by atoms with E-state index in [4.69, 9.17) is 33.2 Å². The molecule has 14 nitrogen and oxygen atoms in total. The molecule has 52 heavy (non-hydrogen) atoms. The maximum absolute atomic E-state index is 14.2. The van der Waals surface area contributed by atoms with Gasteiger partial charge in [-0.1, -0.05) is 27.7 Å². The van der Waals surface area contributed by atoms with Gasteiger partial charge in [0.05, 0.1) is 47.6 Å². The summed E-state index contributed by atoms with van der Waals surface area (Å²) in [4.78, 5) is 30.1. The summed E-state index contributed by atoms with van der Waals surface area (Å²) in [7, 11) is 6.77. The third kappa shape index (κ3) is 9.38. The van der Waals surface area contributed by atoms with Gasteiger partial charge in [-0.05, 0) is 74.9 Å². The second-order valence-corrected chi connectivity index (χ2v) is 16.6. The molecule has 0 saturated carbocycles. The molecule has 304 valence electrons. The van der Waals surface area contributed by atoms with Crippen LogP contribution in [-0.4, -0.2) is 150 Å². The average molecular weight is 748 g/mol. The number of carbonyl (C=O) groups excluding carboxylic acids is 2. The summed E-state index contributed by atoms with van der Waals surface area (Å²) in [5.74, 6) is -4.47. The number of ketones is 1. The van der Waals surface area contributed by atoms with Crippen molar-refractivity contribution in [3.05, 3.63) is 0 Å². The molecule has 3 saturated heterocycles. The number of hydrogen-bond acceptors (Lipinski definition) is 14. The van der Waals surface area contributed by atoms with Crippen LogP contribution >= 0.6 is 0 Å². The van der Waals surface area contributed by atoms with Crippen molar-refractivity contribution in [2.75, 3.05) is 28.3 Å². The van der Waals surface area contributed by atoms with Gasteiger partial charge in [-0.3, -0.25) is 9.59 Å². The van der Waals surface area contributed by atoms with Crippen LogP contribution in [0.2, 0.25) is 0 Å². The fourth-order valence-corrected chi connectivity index (χ4v) is 8.58. The molecule has 3 rings (SSSR count). The molecule has 18 atom stereocenters. The van der Waals surface area contributed by atoms with E-state index in [0.717, 1.165) is 0 Å². The monoisotopic (exact) mass is 747 g/mol. The van der Waals surface area contributed by atoms with Gasteiger partial charge >= 0.3 is 5.97 Å². The molecule has 0 aliphatic carbocycles. The highest BCUT2D eigenvalue weighted by molar-refractivity contribution is 5.83. The van der Waals surface area contributed by atoms with E-state index in [-0.39, 0.29) is 37.2 Å². The fourth-order valence-electron chi connectivity index (χ4n) is 8.58. The summed E-state index contributed by atoms with van der Waals surface area (Å²) in [5, 5.41) is 45.6. The van der Waals surface area contributed by atoms with Gasteiger partial charge in [-0.15, -0.1) is 0 Å². The van der Waals surface area contributed by atoms with Crippen molar-refractivity contribution in [3.8, 4) is 0 Å². The van der Waals surface area contributed by atoms with Crippen molar-refractivity contribution in [2.45, 2.75) is 179 Å². The highest BCUT2D eigenvalue weighted by Crippen LogP contribution is 2.41. The minimum atomic E-state index is -1.96. The van der Waals surface area contributed by atoms with Crippen LogP contribution in [0.4, 0.5) is 0 Å². The Hall–Kier alpha value is -1.30. The second kappa shape index (κ2) is 17.7. The number of likely N-dealkylation sites (N-methyl/N-ethyl adjacent to an activating group) is 1. The minimum absolute atomic E-state index is 0.111. The van der Waals surface area contributed by atoms with Crippen LogP contribution in [0, 0.1) is 23.7 Å². The van der Waals surface area contributed by atoms with Gasteiger partial charge in [-0.2, -0.15) is 0 Å². The molecule has 3 fully saturated rings. The largest absolute Gasteiger partial charge is 0.459 e. The predicted octanol–water partition coefficient (Wildman–Crippen LogP) is 2.44. The number of rotatable bonds is 8. The van der Waals surface area contributed by atoms with Gasteiger partial charge < -0.3 is 58.5 Å². The highest BCUT2D eigenvalue weighted by atomic mass is 16.7. The number of nitrogens with zero attached hydrogens (tertiary/aromatic N) is 1. The lowest BCUT2D eigenvalue weighted by Crippen LogP contribution is -2.61. The van der Waals surface area contributed by atoms with Crippen molar-refractivity contribution in [3.63, 3.8) is 0 Å². The van der Waals surface area contributed by atoms with E-state index in [1.807, 2.05) is 32.8 Å². The van der Waals surface area contributed by atoms with Crippen LogP contribution in [-0.2, 0) is 42.7 Å². The first-order valence-electron chi connectivity index (χ1n) is 18.9. The Morgan fingerprint density at radius 1 is 0.846 bits per heavy atom. The molecule has 14 heteroatoms. The summed E-state index contributed by atoms with van der Waals surface area (Å²) in [6.07, 6.45) is -8.73. The molecule has 0 amide bonds. The van der Waals surface area contributed by atoms with Crippen molar-refractivity contribution in [1.29, 1.82) is 0 Å². The summed E-state index contributed by atoms with van der Waals surface area (Å²) in [6, 6.07) is -0.283. The van der Waals surface area contributed by atoms with E-state index in [1.165, 1.54) is 21.1 Å². The third-order valence-electron chi connectivity index (χ3n) is 12.3. The van der Waals surface area contributed by atoms with Crippen LogP contribution in [0.15, 0.2) is 0 Å². The minimum Gasteiger partial charge on any atom is -0.459 e. The van der Waals surface area contributed by atoms with Crippen molar-refractivity contribution in [1.82, 2.24) is 4.90 Å². The molecule has 3 aliphatic rings. The Balaban J connectivity index is 2.22. The fraction of sp³-hybridized carbons (Fsp3) is 0.947. The van der Waals surface area contributed by atoms with Crippen molar-refractivity contribution in [2.24, 2.45) is 23.7 Å². The number of hydrogen-bond donors (Lipinski definition) is 4. The van der Waals surface area contributed by atoms with E-state index in [0.29, 0.717) is 6.42 Å². The van der Waals surface area contributed by atoms with E-state index in [9.17, 15) is 30.0 Å². The topological polar surface area (TPSA) is 183 Å². The van der Waals surface area contributed by atoms with Gasteiger partial charge in [-0.25, -0.2) is 0 Å². The number of carbonyl (C=O) groups is 2. The number of aliphatic hydroxyl groups is 4. The molecule has 0 radical (unpaired) electrons. The maximum Gasteiger partial charge on any atom is 0.311 e. The summed E-state index contributed by atoms with van der Waals surface area (Å²) in [6.45, 7) is 17.1. The molecule has 0 aromatic rings. The number of cyclic esters (lactones) is 1. The van der Waals surface area contributed by atoms with Crippen LogP contribution in [0.1, 0.15) is 94.9 Å². The number of aliphatic hydroxyl groups excluding tert-OH is 3. The van der Waals surface area contributed by atoms with E-state index < -0.39 is 102 Å². The molecule has 4 N–H and O–H groups in total. The normalized spacial score (nSPS) is 49.0. The first kappa shape index (κ1) is 45.1. The van der Waals surface area contributed by atoms with Crippen molar-refractivity contribution >= 4 is 11.8 Å². The summed E-state index contributed by atoms with van der Waals surface area (Å²) in [5.41, 5.74) is -4.24. The zero-order valence-corrected chi connectivity index (χ0v) is 33.9. The quantitative estimate of drug-likeness (QED) is 0.266. The summed E-state index contributed by atoms with van der Waals surface area (Å²) < 4.78 is 43.9. The lowest BCUT2D eigenvalue weighted by atomic mass is 9.74. The van der Waals surface area contributed by atoms with Crippen LogP contribution in [0.3, 0.4) is 0 Å². The lowest BCUT2D eigenvalue weighted by Gasteiger charge is -2.50. The van der Waals surface area contributed by atoms with Crippen LogP contribution in [0.5, 0.6) is 0 Å². The third-order valence-corrected chi connectivity index (χ3v) is 12.3. The standard InChI is InChI=1S/C38H69NO13/c1-15-26-38(10,45)31(42)21(4)28(40)19(2)17-37(9,47-14)33(52-35-29(41)25(39(11)12)16-20(3)48-35)22(5)30(23(6)34(44)50-26)51-27-18-36(8,46-13)32(43)24(7)49-27/h19-27,29-33,35,41-43,45H,15-18H2,1-14H3/t19-,20-,21+,22+,23-,24+,25+,26-,27?,29-,30+,31-,32+,33-,35+,36-,37+,38-/m1/s1. The molecule has 0 bridgehead atoms. The molecular formula is C38H69NO13.